The molecule has 0 saturated carbocycles. The molecule has 0 amide bonds. The Kier molecular flexibility index (Phi) is 4.76. The van der Waals surface area contributed by atoms with Gasteiger partial charge in [0.1, 0.15) is 10.5 Å². The summed E-state index contributed by atoms with van der Waals surface area (Å²) in [5, 5.41) is 1.60. The highest BCUT2D eigenvalue weighted by molar-refractivity contribution is 7.71. The first-order valence-corrected chi connectivity index (χ1v) is 8.25. The second kappa shape index (κ2) is 6.79. The Morgan fingerprint density at radius 1 is 1.13 bits per heavy atom. The minimum absolute atomic E-state index is 0.678. The minimum atomic E-state index is 0.678. The standard InChI is InChI=1S/C18H18ClN3S/c1-21(2)10-11-22-17(13-6-4-3-5-7-13)20-16-9-8-14(19)12-15(16)18(22)23/h3-9,12H,10-11H2,1-2H3. The number of hydrogen-bond acceptors (Lipinski definition) is 3. The van der Waals surface area contributed by atoms with Crippen molar-refractivity contribution < 1.29 is 0 Å². The molecule has 23 heavy (non-hydrogen) atoms. The molecule has 0 radical (unpaired) electrons. The lowest BCUT2D eigenvalue weighted by molar-refractivity contribution is 0.383. The molecule has 0 aliphatic carbocycles. The van der Waals surface area contributed by atoms with E-state index < -0.39 is 0 Å². The summed E-state index contributed by atoms with van der Waals surface area (Å²) < 4.78 is 2.88. The van der Waals surface area contributed by atoms with Crippen molar-refractivity contribution in [2.24, 2.45) is 0 Å². The van der Waals surface area contributed by atoms with Crippen LogP contribution in [0, 0.1) is 4.64 Å². The maximum atomic E-state index is 6.14. The van der Waals surface area contributed by atoms with E-state index in [1.54, 1.807) is 0 Å². The van der Waals surface area contributed by atoms with Gasteiger partial charge >= 0.3 is 0 Å². The summed E-state index contributed by atoms with van der Waals surface area (Å²) in [5.41, 5.74) is 1.94. The molecule has 5 heteroatoms. The van der Waals surface area contributed by atoms with Gasteiger partial charge in [0.15, 0.2) is 0 Å². The highest BCUT2D eigenvalue weighted by atomic mass is 35.5. The molecule has 1 aromatic heterocycles. The summed E-state index contributed by atoms with van der Waals surface area (Å²) >= 11 is 11.9. The maximum absolute atomic E-state index is 6.14. The number of likely N-dealkylation sites (N-methyl/N-ethyl adjacent to an activating group) is 1. The maximum Gasteiger partial charge on any atom is 0.141 e. The molecule has 0 bridgehead atoms. The zero-order chi connectivity index (χ0) is 16.4. The number of hydrogen-bond donors (Lipinski definition) is 0. The zero-order valence-electron chi connectivity index (χ0n) is 13.2. The highest BCUT2D eigenvalue weighted by Gasteiger charge is 2.11. The van der Waals surface area contributed by atoms with Crippen molar-refractivity contribution in [1.29, 1.82) is 0 Å². The second-order valence-electron chi connectivity index (χ2n) is 5.72. The summed E-state index contributed by atoms with van der Waals surface area (Å²) in [5.74, 6) is 0.896. The fourth-order valence-electron chi connectivity index (χ4n) is 2.51. The summed E-state index contributed by atoms with van der Waals surface area (Å²) in [6, 6.07) is 15.8. The fraction of sp³-hybridized carbons (Fsp3) is 0.222. The van der Waals surface area contributed by atoms with Gasteiger partial charge in [-0.25, -0.2) is 4.98 Å². The molecule has 3 rings (SSSR count). The molecule has 1 heterocycles. The Balaban J connectivity index is 2.26. The molecule has 0 saturated heterocycles. The molecule has 0 unspecified atom stereocenters. The third-order valence-electron chi connectivity index (χ3n) is 3.72. The van der Waals surface area contributed by atoms with Crippen LogP contribution in [0.2, 0.25) is 5.02 Å². The normalized spacial score (nSPS) is 11.3. The molecule has 0 N–H and O–H groups in total. The van der Waals surface area contributed by atoms with Crippen molar-refractivity contribution >= 4 is 34.7 Å². The average molecular weight is 344 g/mol. The minimum Gasteiger partial charge on any atom is -0.315 e. The predicted molar refractivity (Wildman–Crippen MR) is 99.6 cm³/mol. The molecule has 0 spiro atoms. The lowest BCUT2D eigenvalue weighted by atomic mass is 10.2. The lowest BCUT2D eigenvalue weighted by Gasteiger charge is -2.17. The Morgan fingerprint density at radius 2 is 1.87 bits per heavy atom. The van der Waals surface area contributed by atoms with E-state index in [1.807, 2.05) is 36.4 Å². The van der Waals surface area contributed by atoms with Gasteiger partial charge in [0.05, 0.1) is 5.52 Å². The van der Waals surface area contributed by atoms with E-state index in [9.17, 15) is 0 Å². The van der Waals surface area contributed by atoms with Crippen LogP contribution in [0.5, 0.6) is 0 Å². The number of benzene rings is 2. The van der Waals surface area contributed by atoms with E-state index >= 15 is 0 Å². The number of aromatic nitrogens is 2. The van der Waals surface area contributed by atoms with E-state index in [0.29, 0.717) is 5.02 Å². The molecule has 118 valence electrons. The molecule has 0 fully saturated rings. The summed E-state index contributed by atoms with van der Waals surface area (Å²) in [6.45, 7) is 1.67. The predicted octanol–water partition coefficient (Wildman–Crippen LogP) is 4.65. The SMILES string of the molecule is CN(C)CCn1c(-c2ccccc2)nc2ccc(Cl)cc2c1=S. The number of nitrogens with zero attached hydrogens (tertiary/aromatic N) is 3. The van der Waals surface area contributed by atoms with Crippen LogP contribution in [0.15, 0.2) is 48.5 Å². The van der Waals surface area contributed by atoms with Crippen LogP contribution in [0.3, 0.4) is 0 Å². The van der Waals surface area contributed by atoms with Gasteiger partial charge < -0.3 is 9.47 Å². The Bertz CT molecular complexity index is 888. The van der Waals surface area contributed by atoms with Crippen molar-refractivity contribution in [1.82, 2.24) is 14.5 Å². The van der Waals surface area contributed by atoms with Gasteiger partial charge in [-0.1, -0.05) is 54.2 Å². The van der Waals surface area contributed by atoms with Crippen molar-refractivity contribution in [3.8, 4) is 11.4 Å². The van der Waals surface area contributed by atoms with Gasteiger partial charge in [0, 0.05) is 29.1 Å². The van der Waals surface area contributed by atoms with Crippen molar-refractivity contribution in [2.45, 2.75) is 6.54 Å². The second-order valence-corrected chi connectivity index (χ2v) is 6.55. The summed E-state index contributed by atoms with van der Waals surface area (Å²) in [4.78, 5) is 6.98. The largest absolute Gasteiger partial charge is 0.315 e. The monoisotopic (exact) mass is 343 g/mol. The number of rotatable bonds is 4. The summed E-state index contributed by atoms with van der Waals surface area (Å²) in [6.07, 6.45) is 0. The summed E-state index contributed by atoms with van der Waals surface area (Å²) in [7, 11) is 4.11. The van der Waals surface area contributed by atoms with E-state index in [1.165, 1.54) is 0 Å². The van der Waals surface area contributed by atoms with E-state index in [0.717, 1.165) is 40.0 Å². The molecule has 0 aliphatic rings. The van der Waals surface area contributed by atoms with Gasteiger partial charge in [0.25, 0.3) is 0 Å². The van der Waals surface area contributed by atoms with Crippen molar-refractivity contribution in [3.63, 3.8) is 0 Å². The van der Waals surface area contributed by atoms with Gasteiger partial charge in [-0.3, -0.25) is 0 Å². The van der Waals surface area contributed by atoms with Crippen LogP contribution in [-0.2, 0) is 6.54 Å². The topological polar surface area (TPSA) is 21.1 Å². The van der Waals surface area contributed by atoms with Gasteiger partial charge in [0.2, 0.25) is 0 Å². The molecular formula is C18H18ClN3S. The van der Waals surface area contributed by atoms with Crippen molar-refractivity contribution in [3.05, 3.63) is 58.2 Å². The molecule has 3 aromatic rings. The van der Waals surface area contributed by atoms with Crippen LogP contribution in [-0.4, -0.2) is 35.1 Å². The Hall–Kier alpha value is -1.75. The number of halogens is 1. The van der Waals surface area contributed by atoms with Crippen LogP contribution in [0.25, 0.3) is 22.3 Å². The van der Waals surface area contributed by atoms with Crippen LogP contribution in [0.4, 0.5) is 0 Å². The first-order valence-electron chi connectivity index (χ1n) is 7.46. The first-order chi connectivity index (χ1) is 11.1. The highest BCUT2D eigenvalue weighted by Crippen LogP contribution is 2.25. The Labute approximate surface area is 146 Å². The molecule has 0 atom stereocenters. The number of fused-ring (bicyclic) bond motifs is 1. The van der Waals surface area contributed by atoms with E-state index in [2.05, 4.69) is 35.7 Å². The zero-order valence-corrected chi connectivity index (χ0v) is 14.7. The lowest BCUT2D eigenvalue weighted by Crippen LogP contribution is -2.20. The average Bonchev–Trinajstić information content (AvgIpc) is 2.55. The molecule has 3 nitrogen and oxygen atoms in total. The van der Waals surface area contributed by atoms with Crippen molar-refractivity contribution in [2.75, 3.05) is 20.6 Å². The third kappa shape index (κ3) is 3.44. The quantitative estimate of drug-likeness (QED) is 0.643. The Morgan fingerprint density at radius 3 is 2.57 bits per heavy atom. The molecular weight excluding hydrogens is 326 g/mol. The molecule has 0 aliphatic heterocycles. The van der Waals surface area contributed by atoms with Gasteiger partial charge in [-0.2, -0.15) is 0 Å². The van der Waals surface area contributed by atoms with Gasteiger partial charge in [-0.15, -0.1) is 0 Å². The van der Waals surface area contributed by atoms with Crippen LogP contribution < -0.4 is 0 Å². The van der Waals surface area contributed by atoms with E-state index in [4.69, 9.17) is 28.8 Å². The first kappa shape index (κ1) is 16.1. The van der Waals surface area contributed by atoms with Crippen LogP contribution >= 0.6 is 23.8 Å². The molecule has 2 aromatic carbocycles. The fourth-order valence-corrected chi connectivity index (χ4v) is 3.02. The smallest absolute Gasteiger partial charge is 0.141 e. The van der Waals surface area contributed by atoms with E-state index in [-0.39, 0.29) is 0 Å². The van der Waals surface area contributed by atoms with Crippen LogP contribution in [0.1, 0.15) is 0 Å². The third-order valence-corrected chi connectivity index (χ3v) is 4.39. The van der Waals surface area contributed by atoms with Gasteiger partial charge in [-0.05, 0) is 32.3 Å².